The first-order valence-corrected chi connectivity index (χ1v) is 10.4. The average Bonchev–Trinajstić information content (AvgIpc) is 2.73. The maximum Gasteiger partial charge on any atom is 0.134 e. The van der Waals surface area contributed by atoms with Gasteiger partial charge in [-0.15, -0.1) is 0 Å². The molecule has 1 aromatic carbocycles. The number of anilines is 2. The van der Waals surface area contributed by atoms with E-state index in [9.17, 15) is 5.11 Å². The van der Waals surface area contributed by atoms with E-state index in [1.54, 1.807) is 6.33 Å². The number of rotatable bonds is 5. The molecule has 0 unspecified atom stereocenters. The molecule has 2 aliphatic rings. The Hall–Kier alpha value is -2.18. The number of hydrogen-bond acceptors (Lipinski definition) is 6. The van der Waals surface area contributed by atoms with Crippen LogP contribution in [0.5, 0.6) is 0 Å². The van der Waals surface area contributed by atoms with Crippen LogP contribution in [-0.2, 0) is 6.42 Å². The first-order valence-electron chi connectivity index (χ1n) is 10.4. The summed E-state index contributed by atoms with van der Waals surface area (Å²) in [6.07, 6.45) is 4.36. The third-order valence-corrected chi connectivity index (χ3v) is 6.06. The van der Waals surface area contributed by atoms with E-state index in [4.69, 9.17) is 0 Å². The summed E-state index contributed by atoms with van der Waals surface area (Å²) >= 11 is 0. The third-order valence-electron chi connectivity index (χ3n) is 6.06. The molecule has 2 fully saturated rings. The van der Waals surface area contributed by atoms with Gasteiger partial charge in [-0.25, -0.2) is 9.97 Å². The Balaban J connectivity index is 1.30. The lowest BCUT2D eigenvalue weighted by atomic mass is 9.94. The monoisotopic (exact) mass is 381 g/mol. The first-order chi connectivity index (χ1) is 13.6. The van der Waals surface area contributed by atoms with Gasteiger partial charge in [-0.1, -0.05) is 30.3 Å². The second kappa shape index (κ2) is 8.45. The highest BCUT2D eigenvalue weighted by atomic mass is 16.3. The van der Waals surface area contributed by atoms with Crippen molar-refractivity contribution in [3.05, 3.63) is 48.3 Å². The van der Waals surface area contributed by atoms with Crippen molar-refractivity contribution in [1.29, 1.82) is 0 Å². The Morgan fingerprint density at radius 1 is 0.893 bits per heavy atom. The number of hydrogen-bond donors (Lipinski definition) is 1. The highest BCUT2D eigenvalue weighted by Crippen LogP contribution is 2.26. The molecule has 150 valence electrons. The van der Waals surface area contributed by atoms with Crippen LogP contribution in [0.4, 0.5) is 11.6 Å². The fourth-order valence-corrected chi connectivity index (χ4v) is 4.03. The SMILES string of the molecule is CC1(O)CCN(c2cc(N3CCN(CCc4ccccc4)CC3)ncn2)CC1. The van der Waals surface area contributed by atoms with Crippen molar-refractivity contribution >= 4 is 11.6 Å². The molecular weight excluding hydrogens is 350 g/mol. The Bertz CT molecular complexity index is 749. The molecule has 1 N–H and O–H groups in total. The molecule has 6 nitrogen and oxygen atoms in total. The molecule has 28 heavy (non-hydrogen) atoms. The summed E-state index contributed by atoms with van der Waals surface area (Å²) in [4.78, 5) is 16.2. The molecule has 1 aromatic heterocycles. The molecule has 2 saturated heterocycles. The van der Waals surface area contributed by atoms with E-state index >= 15 is 0 Å². The quantitative estimate of drug-likeness (QED) is 0.857. The van der Waals surface area contributed by atoms with E-state index in [1.165, 1.54) is 5.56 Å². The molecule has 0 spiro atoms. The number of aliphatic hydroxyl groups is 1. The molecule has 4 rings (SSSR count). The molecule has 0 amide bonds. The number of piperazine rings is 1. The summed E-state index contributed by atoms with van der Waals surface area (Å²) < 4.78 is 0. The van der Waals surface area contributed by atoms with Gasteiger partial charge in [0, 0.05) is 51.9 Å². The minimum absolute atomic E-state index is 0.539. The summed E-state index contributed by atoms with van der Waals surface area (Å²) in [5.41, 5.74) is 0.869. The number of benzene rings is 1. The van der Waals surface area contributed by atoms with Crippen LogP contribution in [0.2, 0.25) is 0 Å². The van der Waals surface area contributed by atoms with E-state index in [1.807, 2.05) is 6.92 Å². The van der Waals surface area contributed by atoms with E-state index in [0.717, 1.165) is 76.7 Å². The van der Waals surface area contributed by atoms with Crippen LogP contribution < -0.4 is 9.80 Å². The molecular formula is C22H31N5O. The Labute approximate surface area is 167 Å². The molecule has 0 saturated carbocycles. The molecule has 0 radical (unpaired) electrons. The maximum absolute atomic E-state index is 10.2. The van der Waals surface area contributed by atoms with Crippen molar-refractivity contribution in [2.24, 2.45) is 0 Å². The zero-order valence-electron chi connectivity index (χ0n) is 16.8. The standard InChI is InChI=1S/C22H31N5O/c1-22(28)8-11-26(12-9-22)20-17-21(24-18-23-20)27-15-13-25(14-16-27)10-7-19-5-3-2-4-6-19/h2-6,17-18,28H,7-16H2,1H3. The lowest BCUT2D eigenvalue weighted by Gasteiger charge is -2.37. The van der Waals surface area contributed by atoms with Gasteiger partial charge in [-0.2, -0.15) is 0 Å². The lowest BCUT2D eigenvalue weighted by Crippen LogP contribution is -2.47. The van der Waals surface area contributed by atoms with E-state index < -0.39 is 5.60 Å². The first kappa shape index (κ1) is 19.2. The topological polar surface area (TPSA) is 55.7 Å². The summed E-state index contributed by atoms with van der Waals surface area (Å²) in [6, 6.07) is 12.8. The van der Waals surface area contributed by atoms with Gasteiger partial charge in [0.2, 0.25) is 0 Å². The van der Waals surface area contributed by atoms with Gasteiger partial charge in [0.1, 0.15) is 18.0 Å². The van der Waals surface area contributed by atoms with Crippen LogP contribution in [-0.4, -0.2) is 71.4 Å². The van der Waals surface area contributed by atoms with Crippen LogP contribution in [0.1, 0.15) is 25.3 Å². The normalized spacial score (nSPS) is 20.4. The van der Waals surface area contributed by atoms with Crippen molar-refractivity contribution in [2.75, 3.05) is 55.6 Å². The Morgan fingerprint density at radius 2 is 1.50 bits per heavy atom. The van der Waals surface area contributed by atoms with Gasteiger partial charge >= 0.3 is 0 Å². The van der Waals surface area contributed by atoms with Gasteiger partial charge in [0.25, 0.3) is 0 Å². The molecule has 2 aromatic rings. The van der Waals surface area contributed by atoms with Crippen molar-refractivity contribution in [1.82, 2.24) is 14.9 Å². The molecule has 0 atom stereocenters. The van der Waals surface area contributed by atoms with Gasteiger partial charge in [0.15, 0.2) is 0 Å². The summed E-state index contributed by atoms with van der Waals surface area (Å²) in [5.74, 6) is 2.00. The van der Waals surface area contributed by atoms with Crippen molar-refractivity contribution in [3.8, 4) is 0 Å². The largest absolute Gasteiger partial charge is 0.390 e. The van der Waals surface area contributed by atoms with Crippen LogP contribution in [0.25, 0.3) is 0 Å². The summed E-state index contributed by atoms with van der Waals surface area (Å²) in [5, 5.41) is 10.2. The molecule has 6 heteroatoms. The predicted molar refractivity (Wildman–Crippen MR) is 113 cm³/mol. The molecule has 0 aliphatic carbocycles. The highest BCUT2D eigenvalue weighted by Gasteiger charge is 2.28. The Kier molecular flexibility index (Phi) is 5.78. The highest BCUT2D eigenvalue weighted by molar-refractivity contribution is 5.50. The fraction of sp³-hybridized carbons (Fsp3) is 0.545. The Morgan fingerprint density at radius 3 is 2.14 bits per heavy atom. The second-order valence-electron chi connectivity index (χ2n) is 8.28. The van der Waals surface area contributed by atoms with Crippen molar-refractivity contribution in [3.63, 3.8) is 0 Å². The minimum atomic E-state index is -0.539. The van der Waals surface area contributed by atoms with Crippen molar-refractivity contribution < 1.29 is 5.11 Å². The van der Waals surface area contributed by atoms with Gasteiger partial charge < -0.3 is 14.9 Å². The summed E-state index contributed by atoms with van der Waals surface area (Å²) in [6.45, 7) is 8.86. The van der Waals surface area contributed by atoms with Gasteiger partial charge in [-0.3, -0.25) is 4.90 Å². The molecule has 0 bridgehead atoms. The van der Waals surface area contributed by atoms with Gasteiger partial charge in [0.05, 0.1) is 5.60 Å². The zero-order chi connectivity index (χ0) is 19.4. The smallest absolute Gasteiger partial charge is 0.134 e. The average molecular weight is 382 g/mol. The lowest BCUT2D eigenvalue weighted by molar-refractivity contribution is 0.0350. The van der Waals surface area contributed by atoms with Crippen LogP contribution in [0, 0.1) is 0 Å². The van der Waals surface area contributed by atoms with Crippen LogP contribution in [0.3, 0.4) is 0 Å². The van der Waals surface area contributed by atoms with E-state index in [-0.39, 0.29) is 0 Å². The number of piperidine rings is 1. The fourth-order valence-electron chi connectivity index (χ4n) is 4.03. The second-order valence-corrected chi connectivity index (χ2v) is 8.28. The van der Waals surface area contributed by atoms with E-state index in [2.05, 4.69) is 61.1 Å². The number of aromatic nitrogens is 2. The van der Waals surface area contributed by atoms with Gasteiger partial charge in [-0.05, 0) is 31.7 Å². The predicted octanol–water partition coefficient (Wildman–Crippen LogP) is 2.19. The summed E-state index contributed by atoms with van der Waals surface area (Å²) in [7, 11) is 0. The minimum Gasteiger partial charge on any atom is -0.390 e. The zero-order valence-corrected chi connectivity index (χ0v) is 16.8. The molecule has 2 aliphatic heterocycles. The van der Waals surface area contributed by atoms with E-state index in [0.29, 0.717) is 0 Å². The third kappa shape index (κ3) is 4.80. The number of nitrogens with zero attached hydrogens (tertiary/aromatic N) is 5. The van der Waals surface area contributed by atoms with Crippen LogP contribution >= 0.6 is 0 Å². The van der Waals surface area contributed by atoms with Crippen molar-refractivity contribution in [2.45, 2.75) is 31.8 Å². The maximum atomic E-state index is 10.2. The molecule has 3 heterocycles. The van der Waals surface area contributed by atoms with Crippen LogP contribution in [0.15, 0.2) is 42.7 Å².